The van der Waals surface area contributed by atoms with Crippen molar-refractivity contribution in [2.45, 2.75) is 63.4 Å². The molecule has 2 N–H and O–H groups in total. The van der Waals surface area contributed by atoms with E-state index < -0.39 is 13.7 Å². The summed E-state index contributed by atoms with van der Waals surface area (Å²) in [4.78, 5) is 0.975. The second-order valence-corrected chi connectivity index (χ2v) is 11.8. The number of hydrogen-bond donors (Lipinski definition) is 2. The molecular formula is C19H33O5PS. The summed E-state index contributed by atoms with van der Waals surface area (Å²) in [7, 11) is -1.77. The van der Waals surface area contributed by atoms with Gasteiger partial charge in [0.25, 0.3) is 0 Å². The minimum Gasteiger partial charge on any atom is -0.507 e. The molecular weight excluding hydrogens is 371 g/mol. The minimum atomic E-state index is -3.09. The van der Waals surface area contributed by atoms with Gasteiger partial charge in [-0.2, -0.15) is 0 Å². The van der Waals surface area contributed by atoms with Crippen LogP contribution in [0.2, 0.25) is 0 Å². The van der Waals surface area contributed by atoms with Crippen LogP contribution in [-0.4, -0.2) is 42.5 Å². The largest absolute Gasteiger partial charge is 0.507 e. The molecule has 0 aliphatic carbocycles. The van der Waals surface area contributed by atoms with Crippen LogP contribution in [0.4, 0.5) is 0 Å². The fourth-order valence-electron chi connectivity index (χ4n) is 2.35. The molecule has 0 spiro atoms. The topological polar surface area (TPSA) is 76.0 Å². The minimum absolute atomic E-state index is 0.0506. The van der Waals surface area contributed by atoms with Gasteiger partial charge in [-0.3, -0.25) is 4.57 Å². The molecule has 0 saturated carbocycles. The third kappa shape index (κ3) is 6.90. The summed E-state index contributed by atoms with van der Waals surface area (Å²) in [6.45, 7) is 13.7. The lowest BCUT2D eigenvalue weighted by atomic mass is 9.79. The van der Waals surface area contributed by atoms with Crippen molar-refractivity contribution in [1.82, 2.24) is 0 Å². The van der Waals surface area contributed by atoms with Gasteiger partial charge in [0.1, 0.15) is 5.75 Å². The van der Waals surface area contributed by atoms with Crippen LogP contribution in [0.25, 0.3) is 0 Å². The molecule has 1 aromatic rings. The van der Waals surface area contributed by atoms with E-state index in [0.29, 0.717) is 11.5 Å². The molecule has 0 aliphatic rings. The Bertz CT molecular complexity index is 626. The molecule has 7 heteroatoms. The monoisotopic (exact) mass is 404 g/mol. The number of rotatable bonds is 7. The summed E-state index contributed by atoms with van der Waals surface area (Å²) in [5, 5.41) is 20.8. The molecule has 1 aromatic carbocycles. The summed E-state index contributed by atoms with van der Waals surface area (Å²) in [5.74, 6) is 0.729. The van der Waals surface area contributed by atoms with Gasteiger partial charge in [-0.05, 0) is 23.0 Å². The number of benzene rings is 1. The van der Waals surface area contributed by atoms with E-state index in [1.165, 1.54) is 25.5 Å². The van der Waals surface area contributed by atoms with E-state index in [1.54, 1.807) is 0 Å². The first-order valence-electron chi connectivity index (χ1n) is 8.64. The third-order valence-corrected chi connectivity index (χ3v) is 6.38. The van der Waals surface area contributed by atoms with Crippen molar-refractivity contribution in [1.29, 1.82) is 0 Å². The van der Waals surface area contributed by atoms with E-state index in [2.05, 4.69) is 41.5 Å². The molecule has 2 unspecified atom stereocenters. The van der Waals surface area contributed by atoms with Crippen molar-refractivity contribution in [3.05, 3.63) is 23.3 Å². The van der Waals surface area contributed by atoms with Crippen molar-refractivity contribution >= 4 is 19.4 Å². The molecule has 26 heavy (non-hydrogen) atoms. The van der Waals surface area contributed by atoms with Crippen LogP contribution in [0.15, 0.2) is 17.0 Å². The first-order valence-corrected chi connectivity index (χ1v) is 11.6. The summed E-state index contributed by atoms with van der Waals surface area (Å²) in [6.07, 6.45) is -0.770. The van der Waals surface area contributed by atoms with Crippen LogP contribution in [0.5, 0.6) is 5.75 Å². The summed E-state index contributed by atoms with van der Waals surface area (Å²) < 4.78 is 21.6. The summed E-state index contributed by atoms with van der Waals surface area (Å²) in [5.41, 5.74) is 1.37. The second kappa shape index (κ2) is 8.66. The molecule has 0 bridgehead atoms. The third-order valence-electron chi connectivity index (χ3n) is 3.97. The van der Waals surface area contributed by atoms with Crippen LogP contribution in [0, 0.1) is 0 Å². The highest BCUT2D eigenvalue weighted by Crippen LogP contribution is 2.43. The smallest absolute Gasteiger partial charge is 0.327 e. The molecule has 0 radical (unpaired) electrons. The van der Waals surface area contributed by atoms with Gasteiger partial charge in [-0.25, -0.2) is 0 Å². The second-order valence-electron chi connectivity index (χ2n) is 8.58. The van der Waals surface area contributed by atoms with Crippen molar-refractivity contribution in [3.8, 4) is 5.75 Å². The van der Waals surface area contributed by atoms with Crippen molar-refractivity contribution < 1.29 is 23.8 Å². The predicted molar refractivity (Wildman–Crippen MR) is 109 cm³/mol. The predicted octanol–water partition coefficient (Wildman–Crippen LogP) is 4.93. The lowest BCUT2D eigenvalue weighted by molar-refractivity contribution is 0.114. The number of phenolic OH excluding ortho intramolecular Hbond substituents is 1. The van der Waals surface area contributed by atoms with Gasteiger partial charge in [-0.15, -0.1) is 11.8 Å². The standard InChI is InChI=1S/C19H33O5PS/c1-18(2,3)15-9-14(10-16(17(15)21)19(4,5)6)26-12-13(20)11-24-25(8,22)23-7/h9-10,13,20-21H,11-12H2,1-8H3. The molecule has 0 heterocycles. The highest BCUT2D eigenvalue weighted by molar-refractivity contribution is 7.99. The van der Waals surface area contributed by atoms with E-state index >= 15 is 0 Å². The van der Waals surface area contributed by atoms with E-state index in [1.807, 2.05) is 12.1 Å². The van der Waals surface area contributed by atoms with Gasteiger partial charge in [0.2, 0.25) is 0 Å². The molecule has 0 aromatic heterocycles. The normalized spacial score (nSPS) is 16.3. The van der Waals surface area contributed by atoms with Crippen LogP contribution < -0.4 is 0 Å². The number of hydrogen-bond acceptors (Lipinski definition) is 6. The van der Waals surface area contributed by atoms with E-state index in [-0.39, 0.29) is 17.4 Å². The Morgan fingerprint density at radius 3 is 1.96 bits per heavy atom. The van der Waals surface area contributed by atoms with Gasteiger partial charge in [0, 0.05) is 35.5 Å². The van der Waals surface area contributed by atoms with E-state index in [0.717, 1.165) is 16.0 Å². The highest BCUT2D eigenvalue weighted by atomic mass is 32.2. The van der Waals surface area contributed by atoms with E-state index in [4.69, 9.17) is 9.05 Å². The van der Waals surface area contributed by atoms with Crippen LogP contribution in [-0.2, 0) is 24.4 Å². The van der Waals surface area contributed by atoms with Crippen LogP contribution >= 0.6 is 19.4 Å². The molecule has 0 aliphatic heterocycles. The maximum Gasteiger partial charge on any atom is 0.327 e. The maximum absolute atomic E-state index is 11.7. The Balaban J connectivity index is 2.98. The highest BCUT2D eigenvalue weighted by Gasteiger charge is 2.27. The lowest BCUT2D eigenvalue weighted by Gasteiger charge is -2.28. The zero-order valence-corrected chi connectivity index (χ0v) is 18.8. The first kappa shape index (κ1) is 23.5. The molecule has 0 fully saturated rings. The molecule has 0 saturated heterocycles. The molecule has 5 nitrogen and oxygen atoms in total. The molecule has 0 amide bonds. The van der Waals surface area contributed by atoms with Crippen molar-refractivity contribution in [2.24, 2.45) is 0 Å². The Morgan fingerprint density at radius 1 is 1.12 bits per heavy atom. The molecule has 150 valence electrons. The zero-order chi connectivity index (χ0) is 20.3. The lowest BCUT2D eigenvalue weighted by Crippen LogP contribution is -2.19. The maximum atomic E-state index is 11.7. The first-order chi connectivity index (χ1) is 11.7. The van der Waals surface area contributed by atoms with Gasteiger partial charge in [0.05, 0.1) is 12.7 Å². The summed E-state index contributed by atoms with van der Waals surface area (Å²) in [6, 6.07) is 3.95. The number of aliphatic hydroxyl groups is 1. The quantitative estimate of drug-likeness (QED) is 0.496. The average molecular weight is 405 g/mol. The van der Waals surface area contributed by atoms with Gasteiger partial charge in [-0.1, -0.05) is 41.5 Å². The fourth-order valence-corrected chi connectivity index (χ4v) is 3.78. The van der Waals surface area contributed by atoms with Gasteiger partial charge < -0.3 is 19.3 Å². The number of aromatic hydroxyl groups is 1. The number of phenols is 1. The van der Waals surface area contributed by atoms with Crippen molar-refractivity contribution in [3.63, 3.8) is 0 Å². The fraction of sp³-hybridized carbons (Fsp3) is 0.684. The van der Waals surface area contributed by atoms with E-state index in [9.17, 15) is 14.8 Å². The zero-order valence-electron chi connectivity index (χ0n) is 17.1. The Kier molecular flexibility index (Phi) is 7.83. The molecule has 1 rings (SSSR count). The number of aliphatic hydroxyl groups excluding tert-OH is 1. The Hall–Kier alpha value is -0.520. The molecule has 2 atom stereocenters. The Morgan fingerprint density at radius 2 is 1.58 bits per heavy atom. The van der Waals surface area contributed by atoms with Gasteiger partial charge in [0.15, 0.2) is 0 Å². The van der Waals surface area contributed by atoms with Crippen LogP contribution in [0.3, 0.4) is 0 Å². The SMILES string of the molecule is COP(C)(=O)OCC(O)CSc1cc(C(C)(C)C)c(O)c(C(C)(C)C)c1. The van der Waals surface area contributed by atoms with Crippen molar-refractivity contribution in [2.75, 3.05) is 26.1 Å². The van der Waals surface area contributed by atoms with Gasteiger partial charge >= 0.3 is 7.60 Å². The number of thioether (sulfide) groups is 1. The average Bonchev–Trinajstić information content (AvgIpc) is 2.49. The Labute approximate surface area is 162 Å². The summed E-state index contributed by atoms with van der Waals surface area (Å²) >= 11 is 1.48. The van der Waals surface area contributed by atoms with Crippen LogP contribution in [0.1, 0.15) is 52.7 Å².